The summed E-state index contributed by atoms with van der Waals surface area (Å²) in [7, 11) is 2.19. The van der Waals surface area contributed by atoms with Gasteiger partial charge in [-0.1, -0.05) is 36.4 Å². The molecule has 2 bridgehead atoms. The average Bonchev–Trinajstić information content (AvgIpc) is 3.16. The van der Waals surface area contributed by atoms with Crippen LogP contribution in [0.2, 0.25) is 0 Å². The third-order valence-electron chi connectivity index (χ3n) is 5.95. The van der Waals surface area contributed by atoms with Crippen LogP contribution in [0.15, 0.2) is 60.7 Å². The number of ether oxygens (including phenoxy) is 5. The second-order valence-corrected chi connectivity index (χ2v) is 9.64. The van der Waals surface area contributed by atoms with Crippen molar-refractivity contribution in [2.45, 2.75) is 30.1 Å². The second-order valence-electron chi connectivity index (χ2n) is 7.85. The van der Waals surface area contributed by atoms with Crippen molar-refractivity contribution >= 4 is 7.75 Å². The number of hydrogen-bond acceptors (Lipinski definition) is 8. The van der Waals surface area contributed by atoms with Crippen molar-refractivity contribution in [3.05, 3.63) is 60.7 Å². The number of rotatable bonds is 10. The van der Waals surface area contributed by atoms with E-state index < -0.39 is 37.9 Å². The molecule has 0 radical (unpaired) electrons. The minimum Gasteiger partial charge on any atom is -0.404 e. The smallest absolute Gasteiger partial charge is 0.404 e. The van der Waals surface area contributed by atoms with Gasteiger partial charge in [-0.3, -0.25) is 0 Å². The van der Waals surface area contributed by atoms with Crippen molar-refractivity contribution in [3.63, 3.8) is 0 Å². The first kappa shape index (κ1) is 24.2. The fourth-order valence-corrected chi connectivity index (χ4v) is 6.63. The number of fused-ring (bicyclic) bond motifs is 2. The van der Waals surface area contributed by atoms with Gasteiger partial charge in [0, 0.05) is 35.0 Å². The van der Waals surface area contributed by atoms with Gasteiger partial charge in [-0.2, -0.15) is 4.67 Å². The fourth-order valence-electron chi connectivity index (χ4n) is 4.62. The van der Waals surface area contributed by atoms with Crippen molar-refractivity contribution < 1.29 is 37.3 Å². The summed E-state index contributed by atoms with van der Waals surface area (Å²) < 4.78 is 57.7. The van der Waals surface area contributed by atoms with Gasteiger partial charge in [0.05, 0.1) is 6.61 Å². The fraction of sp³-hybridized carbons (Fsp3) is 0.478. The summed E-state index contributed by atoms with van der Waals surface area (Å²) in [5.41, 5.74) is -1.30. The molecule has 33 heavy (non-hydrogen) atoms. The highest BCUT2D eigenvalue weighted by atomic mass is 31.2. The Morgan fingerprint density at radius 2 is 1.42 bits per heavy atom. The first-order valence-corrected chi connectivity index (χ1v) is 12.1. The molecule has 0 amide bonds. The molecule has 0 saturated carbocycles. The average molecular weight is 479 g/mol. The molecule has 2 aliphatic heterocycles. The molecule has 0 spiro atoms. The summed E-state index contributed by atoms with van der Waals surface area (Å²) in [6.45, 7) is 0.233. The van der Waals surface area contributed by atoms with E-state index in [-0.39, 0.29) is 13.2 Å². The maximum absolute atomic E-state index is 14.6. The van der Waals surface area contributed by atoms with E-state index in [1.807, 2.05) is 12.1 Å². The largest absolute Gasteiger partial charge is 0.518 e. The molecule has 0 unspecified atom stereocenters. The first-order chi connectivity index (χ1) is 16.0. The third kappa shape index (κ3) is 4.42. The van der Waals surface area contributed by atoms with E-state index in [0.29, 0.717) is 11.5 Å². The predicted octanol–water partition coefficient (Wildman–Crippen LogP) is 3.35. The molecule has 180 valence electrons. The Morgan fingerprint density at radius 1 is 0.879 bits per heavy atom. The molecule has 0 N–H and O–H groups in total. The topological polar surface area (TPSA) is 84.9 Å². The highest BCUT2D eigenvalue weighted by Gasteiger charge is 2.69. The summed E-state index contributed by atoms with van der Waals surface area (Å²) in [5.74, 6) is 0.789. The van der Waals surface area contributed by atoms with Crippen LogP contribution >= 0.6 is 7.75 Å². The first-order valence-electron chi connectivity index (χ1n) is 10.6. The summed E-state index contributed by atoms with van der Waals surface area (Å²) in [4.78, 5) is 0. The van der Waals surface area contributed by atoms with Gasteiger partial charge in [-0.05, 0) is 24.3 Å². The minimum absolute atomic E-state index is 0.0403. The van der Waals surface area contributed by atoms with Gasteiger partial charge in [-0.15, -0.1) is 0 Å². The van der Waals surface area contributed by atoms with E-state index in [1.54, 1.807) is 81.6 Å². The summed E-state index contributed by atoms with van der Waals surface area (Å²) in [5, 5.41) is 0. The predicted molar refractivity (Wildman–Crippen MR) is 120 cm³/mol. The van der Waals surface area contributed by atoms with Crippen LogP contribution in [0.4, 0.5) is 0 Å². The zero-order valence-electron chi connectivity index (χ0n) is 19.2. The van der Waals surface area contributed by atoms with Crippen molar-refractivity contribution in [2.75, 3.05) is 41.6 Å². The van der Waals surface area contributed by atoms with Crippen LogP contribution in [0.5, 0.6) is 11.5 Å². The number of benzene rings is 2. The van der Waals surface area contributed by atoms with Crippen LogP contribution in [0.25, 0.3) is 0 Å². The van der Waals surface area contributed by atoms with Crippen LogP contribution in [0.1, 0.15) is 0 Å². The van der Waals surface area contributed by atoms with E-state index in [9.17, 15) is 4.57 Å². The molecule has 2 fully saturated rings. The van der Waals surface area contributed by atoms with Gasteiger partial charge in [0.15, 0.2) is 5.72 Å². The Morgan fingerprint density at radius 3 is 1.88 bits per heavy atom. The lowest BCUT2D eigenvalue weighted by Crippen LogP contribution is -2.66. The molecule has 2 saturated heterocycles. The van der Waals surface area contributed by atoms with Crippen LogP contribution in [0.3, 0.4) is 0 Å². The van der Waals surface area contributed by atoms with Crippen LogP contribution in [-0.4, -0.2) is 76.4 Å². The Labute approximate surface area is 194 Å². The maximum Gasteiger partial charge on any atom is 0.518 e. The van der Waals surface area contributed by atoms with E-state index in [0.717, 1.165) is 0 Å². The summed E-state index contributed by atoms with van der Waals surface area (Å²) >= 11 is 0. The Kier molecular flexibility index (Phi) is 7.40. The molecule has 2 heterocycles. The minimum atomic E-state index is -4.06. The lowest BCUT2D eigenvalue weighted by Gasteiger charge is -2.48. The molecule has 0 aliphatic carbocycles. The summed E-state index contributed by atoms with van der Waals surface area (Å²) in [6.07, 6.45) is -2.15. The number of nitrogens with zero attached hydrogens (tertiary/aromatic N) is 1. The SMILES string of the molecule is COC[C@]12O[C@H](CN1P(=O)(Oc1ccccc1)Oc1ccccc1)[C@@H](OC)[C@@H](OC)[C@@H]2OC. The zero-order chi connectivity index (χ0) is 23.5. The molecule has 0 aromatic heterocycles. The molecular weight excluding hydrogens is 449 g/mol. The molecule has 2 aromatic carbocycles. The maximum atomic E-state index is 14.6. The Hall–Kier alpha value is -1.97. The third-order valence-corrected chi connectivity index (χ3v) is 7.93. The van der Waals surface area contributed by atoms with Crippen molar-refractivity contribution in [3.8, 4) is 11.5 Å². The highest BCUT2D eigenvalue weighted by molar-refractivity contribution is 7.52. The quantitative estimate of drug-likeness (QED) is 0.476. The monoisotopic (exact) mass is 479 g/mol. The standard InChI is InChI=1S/C23H30NO8P/c1-26-16-23-22(29-4)21(28-3)20(27-2)19(30-23)15-24(23)33(25,31-17-11-7-5-8-12-17)32-18-13-9-6-10-14-18/h5-14,19-22H,15-16H2,1-4H3/t19-,20-,21-,22+,23-/m1/s1. The van der Waals surface area contributed by atoms with Gasteiger partial charge >= 0.3 is 7.75 Å². The van der Waals surface area contributed by atoms with E-state index in [4.69, 9.17) is 32.7 Å². The van der Waals surface area contributed by atoms with E-state index in [1.165, 1.54) is 0 Å². The molecule has 9 nitrogen and oxygen atoms in total. The van der Waals surface area contributed by atoms with E-state index >= 15 is 0 Å². The Bertz CT molecular complexity index is 902. The van der Waals surface area contributed by atoms with Gasteiger partial charge in [-0.25, -0.2) is 4.57 Å². The molecular formula is C23H30NO8P. The van der Waals surface area contributed by atoms with Crippen molar-refractivity contribution in [1.29, 1.82) is 0 Å². The van der Waals surface area contributed by atoms with Gasteiger partial charge in [0.2, 0.25) is 0 Å². The lowest BCUT2D eigenvalue weighted by molar-refractivity contribution is -0.283. The van der Waals surface area contributed by atoms with Gasteiger partial charge < -0.3 is 32.7 Å². The van der Waals surface area contributed by atoms with Crippen LogP contribution < -0.4 is 9.05 Å². The van der Waals surface area contributed by atoms with Crippen LogP contribution in [0, 0.1) is 0 Å². The molecule has 4 rings (SSSR count). The summed E-state index contributed by atoms with van der Waals surface area (Å²) in [6, 6.07) is 17.8. The van der Waals surface area contributed by atoms with E-state index in [2.05, 4.69) is 0 Å². The molecule has 2 aliphatic rings. The van der Waals surface area contributed by atoms with Crippen molar-refractivity contribution in [2.24, 2.45) is 0 Å². The number of methoxy groups -OCH3 is 4. The normalized spacial score (nSPS) is 29.7. The highest BCUT2D eigenvalue weighted by Crippen LogP contribution is 2.60. The Balaban J connectivity index is 1.81. The van der Waals surface area contributed by atoms with Crippen molar-refractivity contribution in [1.82, 2.24) is 4.67 Å². The van der Waals surface area contributed by atoms with Gasteiger partial charge in [0.25, 0.3) is 0 Å². The lowest BCUT2D eigenvalue weighted by atomic mass is 9.93. The number of para-hydroxylation sites is 2. The second kappa shape index (κ2) is 10.1. The molecule has 10 heteroatoms. The van der Waals surface area contributed by atoms with Crippen LogP contribution in [-0.2, 0) is 28.2 Å². The molecule has 5 atom stereocenters. The zero-order valence-corrected chi connectivity index (χ0v) is 20.1. The van der Waals surface area contributed by atoms with Gasteiger partial charge in [0.1, 0.15) is 35.9 Å². The molecule has 2 aromatic rings. The number of hydrogen-bond donors (Lipinski definition) is 0.